The number of likely N-dealkylation sites (tertiary alicyclic amines) is 1. The van der Waals surface area contributed by atoms with E-state index in [4.69, 9.17) is 33.9 Å². The molecule has 362 valence electrons. The molecule has 2 N–H and O–H groups in total. The van der Waals surface area contributed by atoms with Crippen molar-refractivity contribution < 1.29 is 24.1 Å². The van der Waals surface area contributed by atoms with Crippen LogP contribution in [-0.4, -0.2) is 133 Å². The van der Waals surface area contributed by atoms with E-state index in [-0.39, 0.29) is 41.6 Å². The summed E-state index contributed by atoms with van der Waals surface area (Å²) in [5.41, 5.74) is 6.48. The number of ether oxygens (including phenoxy) is 4. The van der Waals surface area contributed by atoms with Gasteiger partial charge in [-0.15, -0.1) is 0 Å². The lowest BCUT2D eigenvalue weighted by atomic mass is 10.1. The summed E-state index contributed by atoms with van der Waals surface area (Å²) in [7, 11) is 3.34. The molecule has 3 saturated heterocycles. The van der Waals surface area contributed by atoms with E-state index in [2.05, 4.69) is 25.8 Å². The Morgan fingerprint density at radius 2 is 1.33 bits per heavy atom. The fourth-order valence-electron chi connectivity index (χ4n) is 10.7. The van der Waals surface area contributed by atoms with Gasteiger partial charge in [-0.3, -0.25) is 37.0 Å². The number of nitrogens with one attached hydrogen (secondary N) is 1. The Kier molecular flexibility index (Phi) is 12.0. The van der Waals surface area contributed by atoms with Gasteiger partial charge < -0.3 is 29.0 Å². The number of piperidine rings is 1. The quantitative estimate of drug-likeness (QED) is 0.215. The molecule has 5 atom stereocenters. The molecule has 12 bridgehead atoms. The van der Waals surface area contributed by atoms with E-state index in [9.17, 15) is 19.5 Å². The Bertz CT molecular complexity index is 3510. The second kappa shape index (κ2) is 18.6. The van der Waals surface area contributed by atoms with Crippen LogP contribution in [-0.2, 0) is 31.0 Å². The van der Waals surface area contributed by atoms with Crippen LogP contribution in [0.15, 0.2) is 75.0 Å². The molecule has 19 heteroatoms. The van der Waals surface area contributed by atoms with Crippen molar-refractivity contribution in [2.45, 2.75) is 70.2 Å². The summed E-state index contributed by atoms with van der Waals surface area (Å²) >= 11 is 2.88. The molecule has 0 radical (unpaired) electrons. The van der Waals surface area contributed by atoms with Crippen LogP contribution in [0.3, 0.4) is 0 Å². The third-order valence-electron chi connectivity index (χ3n) is 14.3. The third kappa shape index (κ3) is 8.35. The molecule has 0 aliphatic carbocycles. The first-order valence-corrected chi connectivity index (χ1v) is 25.6. The number of aromatic nitrogens is 6. The minimum absolute atomic E-state index is 0.00954. The number of nitrogens with zero attached hydrogens (tertiary/aromatic N) is 8. The molecule has 3 unspecified atom stereocenters. The maximum Gasteiger partial charge on any atom is 0.275 e. The highest BCUT2D eigenvalue weighted by Gasteiger charge is 2.30. The summed E-state index contributed by atoms with van der Waals surface area (Å²) in [4.78, 5) is 64.4. The number of H-pyrrole nitrogens is 1. The Labute approximate surface area is 409 Å². The van der Waals surface area contributed by atoms with Gasteiger partial charge >= 0.3 is 0 Å². The van der Waals surface area contributed by atoms with Crippen LogP contribution in [0.5, 0.6) is 17.4 Å². The van der Waals surface area contributed by atoms with Gasteiger partial charge in [-0.1, -0.05) is 47.3 Å². The van der Waals surface area contributed by atoms with Gasteiger partial charge in [-0.25, -0.2) is 15.0 Å². The molecule has 0 saturated carbocycles. The maximum absolute atomic E-state index is 13.4. The van der Waals surface area contributed by atoms with Crippen molar-refractivity contribution in [1.29, 1.82) is 0 Å². The first kappa shape index (κ1) is 45.1. The van der Waals surface area contributed by atoms with E-state index in [0.29, 0.717) is 85.8 Å². The molecule has 0 spiro atoms. The molecule has 4 aromatic heterocycles. The molecule has 70 heavy (non-hydrogen) atoms. The molecule has 0 amide bonds. The van der Waals surface area contributed by atoms with E-state index in [0.717, 1.165) is 105 Å². The molecule has 4 aromatic carbocycles. The predicted molar refractivity (Wildman–Crippen MR) is 271 cm³/mol. The Morgan fingerprint density at radius 1 is 0.700 bits per heavy atom. The van der Waals surface area contributed by atoms with E-state index in [1.54, 1.807) is 24.2 Å². The highest BCUT2D eigenvalue weighted by atomic mass is 32.1. The smallest absolute Gasteiger partial charge is 0.275 e. The lowest BCUT2D eigenvalue weighted by Gasteiger charge is -2.32. The maximum atomic E-state index is 13.4. The normalized spacial score (nSPS) is 22.1. The standard InChI is InChI=1S/C28H31N5O4S.C23H22N4O4S/c1-36-18-4-3-8-32(15-18)14-17-12-22-25-23(13-17)37-19-7-9-31(16-19)10-11-33-28(35)21-6-2-5-20(26(21)38-33)24(30-25)27(34)29-22;1-30-22-19-15-3-2-4-16-21(15)32-27(23(16)29)8-7-26-6-5-14(11-26)31-18-10-13(12-28)9-17(24-22)20(18)25-19/h2,5-6,12-13,18-19H,3-4,7-11,14-16H2,1H3,(H,29,34);2-4,9-10,14,28H,5-8,11-12H2,1H3/t18?,19-;14-/m11/s1. The van der Waals surface area contributed by atoms with Crippen molar-refractivity contribution in [3.8, 4) is 39.9 Å². The summed E-state index contributed by atoms with van der Waals surface area (Å²) in [6.45, 7) is 8.81. The van der Waals surface area contributed by atoms with Crippen LogP contribution in [0.25, 0.3) is 64.8 Å². The Balaban J connectivity index is 0.000000146. The Hall–Kier alpha value is -6.06. The second-order valence-electron chi connectivity index (χ2n) is 18.9. The largest absolute Gasteiger partial charge is 0.487 e. The fraction of sp³-hybridized carbons (Fsp3) is 0.412. The minimum Gasteiger partial charge on any atom is -0.487 e. The van der Waals surface area contributed by atoms with E-state index >= 15 is 0 Å². The van der Waals surface area contributed by atoms with Gasteiger partial charge in [-0.05, 0) is 79.8 Å². The first-order valence-electron chi connectivity index (χ1n) is 24.1. The van der Waals surface area contributed by atoms with Gasteiger partial charge in [0, 0.05) is 83.7 Å². The number of aromatic amines is 1. The number of aliphatic hydroxyl groups excluding tert-OH is 1. The van der Waals surface area contributed by atoms with Crippen LogP contribution in [0, 0.1) is 0 Å². The summed E-state index contributed by atoms with van der Waals surface area (Å²) in [5.74, 6) is 1.69. The zero-order valence-electron chi connectivity index (χ0n) is 39.0. The molecule has 3 fully saturated rings. The van der Waals surface area contributed by atoms with Gasteiger partial charge in [0.15, 0.2) is 0 Å². The zero-order chi connectivity index (χ0) is 47.6. The molecular formula is C51H53N9O8S2. The van der Waals surface area contributed by atoms with Gasteiger partial charge in [0.1, 0.15) is 46.1 Å². The summed E-state index contributed by atoms with van der Waals surface area (Å²) in [6, 6.07) is 19.0. The van der Waals surface area contributed by atoms with Crippen LogP contribution < -0.4 is 30.9 Å². The van der Waals surface area contributed by atoms with Crippen molar-refractivity contribution in [3.63, 3.8) is 0 Å². The van der Waals surface area contributed by atoms with Crippen LogP contribution in [0.2, 0.25) is 0 Å². The molecule has 5 aliphatic rings. The number of rotatable bonds is 5. The lowest BCUT2D eigenvalue weighted by molar-refractivity contribution is 0.0285. The SMILES string of the molecule is COC1CCCN(Cc2cc3c4nc(c(=O)[nH]c4c2)-c2cccc4c(=O)n(sc24)CCN2CC[C@H](C2)O3)C1.COc1nc2cc(CO)cc3c2nc1-c1cccc2c(=O)n(sc12)CCN1CC[C@H](C1)O3. The lowest BCUT2D eigenvalue weighted by Crippen LogP contribution is -2.38. The predicted octanol–water partition coefficient (Wildman–Crippen LogP) is 5.68. The number of benzene rings is 4. The number of methoxy groups -OCH3 is 2. The van der Waals surface area contributed by atoms with Gasteiger partial charge in [0.05, 0.1) is 51.0 Å². The fourth-order valence-corrected chi connectivity index (χ4v) is 12.9. The van der Waals surface area contributed by atoms with Crippen molar-refractivity contribution in [3.05, 3.63) is 103 Å². The molecular weight excluding hydrogens is 931 g/mol. The monoisotopic (exact) mass is 983 g/mol. The van der Waals surface area contributed by atoms with Crippen LogP contribution in [0.1, 0.15) is 36.8 Å². The summed E-state index contributed by atoms with van der Waals surface area (Å²) in [5, 5.41) is 11.1. The summed E-state index contributed by atoms with van der Waals surface area (Å²) in [6.07, 6.45) is 4.29. The highest BCUT2D eigenvalue weighted by Crippen LogP contribution is 2.39. The zero-order valence-corrected chi connectivity index (χ0v) is 40.7. The number of aliphatic hydroxyl groups is 1. The van der Waals surface area contributed by atoms with Crippen LogP contribution >= 0.6 is 23.1 Å². The first-order chi connectivity index (χ1) is 34.2. The van der Waals surface area contributed by atoms with Crippen molar-refractivity contribution in [2.24, 2.45) is 0 Å². The van der Waals surface area contributed by atoms with Crippen molar-refractivity contribution in [2.75, 3.05) is 66.6 Å². The topological polar surface area (TPSA) is 182 Å². The molecule has 9 heterocycles. The van der Waals surface area contributed by atoms with E-state index < -0.39 is 0 Å². The van der Waals surface area contributed by atoms with Gasteiger partial charge in [0.2, 0.25) is 5.88 Å². The minimum atomic E-state index is -0.267. The average Bonchev–Trinajstić information content (AvgIpc) is 4.17. The molecule has 17 nitrogen and oxygen atoms in total. The third-order valence-corrected chi connectivity index (χ3v) is 16.7. The summed E-state index contributed by atoms with van der Waals surface area (Å²) < 4.78 is 29.5. The number of fused-ring (bicyclic) bond motifs is 10. The van der Waals surface area contributed by atoms with Crippen molar-refractivity contribution >= 4 is 65.3 Å². The van der Waals surface area contributed by atoms with Crippen LogP contribution in [0.4, 0.5) is 0 Å². The van der Waals surface area contributed by atoms with Crippen molar-refractivity contribution in [1.82, 2.24) is 42.5 Å². The second-order valence-corrected chi connectivity index (χ2v) is 20.9. The van der Waals surface area contributed by atoms with E-state index in [1.807, 2.05) is 52.5 Å². The highest BCUT2D eigenvalue weighted by molar-refractivity contribution is 7.14. The van der Waals surface area contributed by atoms with Gasteiger partial charge in [0.25, 0.3) is 16.7 Å². The number of hydrogen-bond donors (Lipinski definition) is 2. The molecule has 5 aliphatic heterocycles. The van der Waals surface area contributed by atoms with Gasteiger partial charge in [-0.2, -0.15) is 0 Å². The molecule has 8 aromatic rings. The van der Waals surface area contributed by atoms with E-state index in [1.165, 1.54) is 23.1 Å². The number of hydrogen-bond acceptors (Lipinski definition) is 16. The Morgan fingerprint density at radius 3 is 1.97 bits per heavy atom. The average molecular weight is 984 g/mol. The molecule has 13 rings (SSSR count).